The Hall–Kier alpha value is -1.23. The molecule has 0 radical (unpaired) electrons. The highest BCUT2D eigenvalue weighted by Gasteiger charge is 2.29. The Kier molecular flexibility index (Phi) is 4.11. The van der Waals surface area contributed by atoms with Crippen LogP contribution in [0.25, 0.3) is 0 Å². The van der Waals surface area contributed by atoms with E-state index in [0.717, 1.165) is 36.7 Å². The molecule has 0 aliphatic heterocycles. The molecule has 1 heterocycles. The molecule has 3 N–H and O–H groups in total. The van der Waals surface area contributed by atoms with Crippen molar-refractivity contribution in [2.45, 2.75) is 52.1 Å². The molecule has 0 atom stereocenters. The van der Waals surface area contributed by atoms with Crippen molar-refractivity contribution >= 4 is 11.5 Å². The average molecular weight is 252 g/mol. The highest BCUT2D eigenvalue weighted by molar-refractivity contribution is 5.66. The molecule has 1 fully saturated rings. The fraction of sp³-hybridized carbons (Fsp3) is 0.769. The van der Waals surface area contributed by atoms with Gasteiger partial charge >= 0.3 is 0 Å². The third-order valence-corrected chi connectivity index (χ3v) is 3.79. The highest BCUT2D eigenvalue weighted by atomic mass is 16.3. The molecular weight excluding hydrogens is 228 g/mol. The Balaban J connectivity index is 2.28. The molecule has 0 spiro atoms. The van der Waals surface area contributed by atoms with E-state index in [2.05, 4.69) is 16.9 Å². The van der Waals surface area contributed by atoms with Gasteiger partial charge in [0.15, 0.2) is 5.82 Å². The van der Waals surface area contributed by atoms with Gasteiger partial charge in [0.2, 0.25) is 0 Å². The van der Waals surface area contributed by atoms with Gasteiger partial charge in [-0.1, -0.05) is 0 Å². The first-order valence-electron chi connectivity index (χ1n) is 6.89. The van der Waals surface area contributed by atoms with E-state index in [1.165, 1.54) is 19.3 Å². The lowest BCUT2D eigenvalue weighted by Crippen LogP contribution is -2.42. The molecule has 0 saturated heterocycles. The Labute approximate surface area is 109 Å². The van der Waals surface area contributed by atoms with Crippen molar-refractivity contribution in [3.63, 3.8) is 0 Å². The minimum atomic E-state index is 0.225. The summed E-state index contributed by atoms with van der Waals surface area (Å²) in [5, 5.41) is 13.5. The number of aliphatic hydroxyl groups excluding tert-OH is 1. The Morgan fingerprint density at radius 1 is 1.50 bits per heavy atom. The normalized spacial score (nSPS) is 15.7. The van der Waals surface area contributed by atoms with Gasteiger partial charge in [-0.25, -0.2) is 4.68 Å². The van der Waals surface area contributed by atoms with Gasteiger partial charge in [0.1, 0.15) is 0 Å². The molecule has 5 nitrogen and oxygen atoms in total. The summed E-state index contributed by atoms with van der Waals surface area (Å²) >= 11 is 0. The van der Waals surface area contributed by atoms with Crippen LogP contribution in [0.1, 0.15) is 38.3 Å². The topological polar surface area (TPSA) is 67.3 Å². The van der Waals surface area contributed by atoms with E-state index in [4.69, 9.17) is 10.8 Å². The highest BCUT2D eigenvalue weighted by Crippen LogP contribution is 2.34. The number of aromatic nitrogens is 2. The molecule has 1 aliphatic carbocycles. The van der Waals surface area contributed by atoms with Crippen molar-refractivity contribution in [3.05, 3.63) is 5.69 Å². The first kappa shape index (κ1) is 13.2. The third-order valence-electron chi connectivity index (χ3n) is 3.79. The average Bonchev–Trinajstić information content (AvgIpc) is 2.58. The molecule has 0 aromatic carbocycles. The number of aryl methyl sites for hydroxylation is 2. The molecule has 2 rings (SSSR count). The van der Waals surface area contributed by atoms with Crippen LogP contribution in [0.2, 0.25) is 0 Å². The number of nitrogen functional groups attached to an aromatic ring is 1. The summed E-state index contributed by atoms with van der Waals surface area (Å²) in [7, 11) is 0. The second kappa shape index (κ2) is 5.61. The van der Waals surface area contributed by atoms with Gasteiger partial charge in [-0.05, 0) is 39.5 Å². The molecule has 18 heavy (non-hydrogen) atoms. The maximum Gasteiger partial charge on any atom is 0.150 e. The van der Waals surface area contributed by atoms with Crippen molar-refractivity contribution in [2.75, 3.05) is 23.8 Å². The number of nitrogens with two attached hydrogens (primary N) is 1. The van der Waals surface area contributed by atoms with Crippen molar-refractivity contribution in [1.82, 2.24) is 9.78 Å². The summed E-state index contributed by atoms with van der Waals surface area (Å²) in [4.78, 5) is 2.35. The van der Waals surface area contributed by atoms with E-state index < -0.39 is 0 Å². The molecule has 5 heteroatoms. The van der Waals surface area contributed by atoms with Crippen molar-refractivity contribution < 1.29 is 5.11 Å². The van der Waals surface area contributed by atoms with Gasteiger partial charge < -0.3 is 15.7 Å². The zero-order valence-electron chi connectivity index (χ0n) is 11.4. The van der Waals surface area contributed by atoms with Gasteiger partial charge in [-0.15, -0.1) is 0 Å². The molecule has 0 unspecified atom stereocenters. The zero-order chi connectivity index (χ0) is 13.1. The second-order valence-electron chi connectivity index (χ2n) is 4.99. The minimum absolute atomic E-state index is 0.225. The van der Waals surface area contributed by atoms with E-state index in [1.807, 2.05) is 11.6 Å². The summed E-state index contributed by atoms with van der Waals surface area (Å²) in [5.41, 5.74) is 7.88. The first-order valence-corrected chi connectivity index (χ1v) is 6.89. The van der Waals surface area contributed by atoms with E-state index >= 15 is 0 Å². The van der Waals surface area contributed by atoms with Crippen LogP contribution in [0, 0.1) is 6.92 Å². The molecule has 1 aliphatic rings. The second-order valence-corrected chi connectivity index (χ2v) is 4.99. The summed E-state index contributed by atoms with van der Waals surface area (Å²) in [6.07, 6.45) is 4.51. The van der Waals surface area contributed by atoms with E-state index in [-0.39, 0.29) is 6.61 Å². The van der Waals surface area contributed by atoms with Crippen molar-refractivity contribution in [2.24, 2.45) is 0 Å². The quantitative estimate of drug-likeness (QED) is 0.806. The van der Waals surface area contributed by atoms with Gasteiger partial charge in [-0.3, -0.25) is 0 Å². The predicted molar refractivity (Wildman–Crippen MR) is 73.7 cm³/mol. The van der Waals surface area contributed by atoms with E-state index in [9.17, 15) is 0 Å². The van der Waals surface area contributed by atoms with Crippen molar-refractivity contribution in [1.29, 1.82) is 0 Å². The summed E-state index contributed by atoms with van der Waals surface area (Å²) in [5.74, 6) is 1.05. The van der Waals surface area contributed by atoms with Crippen LogP contribution < -0.4 is 10.6 Å². The number of rotatable bonds is 6. The summed E-state index contributed by atoms with van der Waals surface area (Å²) in [6.45, 7) is 5.95. The molecular formula is C13H24N4O. The monoisotopic (exact) mass is 252 g/mol. The molecule has 102 valence electrons. The fourth-order valence-corrected chi connectivity index (χ4v) is 2.51. The van der Waals surface area contributed by atoms with Gasteiger partial charge in [0, 0.05) is 25.7 Å². The smallest absolute Gasteiger partial charge is 0.150 e. The van der Waals surface area contributed by atoms with Crippen LogP contribution in [0.5, 0.6) is 0 Å². The summed E-state index contributed by atoms with van der Waals surface area (Å²) in [6, 6.07) is 0.570. The lowest BCUT2D eigenvalue weighted by Gasteiger charge is -2.39. The van der Waals surface area contributed by atoms with Crippen LogP contribution >= 0.6 is 0 Å². The molecule has 1 aromatic heterocycles. The first-order chi connectivity index (χ1) is 8.69. The molecule has 1 aromatic rings. The van der Waals surface area contributed by atoms with Gasteiger partial charge in [0.05, 0.1) is 11.4 Å². The largest absolute Gasteiger partial charge is 0.396 e. The van der Waals surface area contributed by atoms with Crippen LogP contribution in [-0.4, -0.2) is 34.1 Å². The lowest BCUT2D eigenvalue weighted by molar-refractivity contribution is 0.282. The van der Waals surface area contributed by atoms with Crippen LogP contribution in [0.4, 0.5) is 11.5 Å². The number of hydrogen-bond donors (Lipinski definition) is 2. The maximum absolute atomic E-state index is 9.06. The zero-order valence-corrected chi connectivity index (χ0v) is 11.4. The van der Waals surface area contributed by atoms with Crippen LogP contribution in [-0.2, 0) is 6.54 Å². The minimum Gasteiger partial charge on any atom is -0.396 e. The van der Waals surface area contributed by atoms with E-state index in [1.54, 1.807) is 0 Å². The van der Waals surface area contributed by atoms with Gasteiger partial charge in [0.25, 0.3) is 0 Å². The molecule has 0 bridgehead atoms. The molecule has 0 amide bonds. The van der Waals surface area contributed by atoms with Crippen LogP contribution in [0.3, 0.4) is 0 Å². The molecule has 1 saturated carbocycles. The Morgan fingerprint density at radius 2 is 2.22 bits per heavy atom. The number of anilines is 2. The summed E-state index contributed by atoms with van der Waals surface area (Å²) < 4.78 is 1.99. The number of aliphatic hydroxyl groups is 1. The van der Waals surface area contributed by atoms with Crippen molar-refractivity contribution in [3.8, 4) is 0 Å². The Morgan fingerprint density at radius 3 is 2.72 bits per heavy atom. The van der Waals surface area contributed by atoms with E-state index in [0.29, 0.717) is 6.04 Å². The maximum atomic E-state index is 9.06. The Bertz CT molecular complexity index is 398. The predicted octanol–water partition coefficient (Wildman–Crippen LogP) is 1.53. The lowest BCUT2D eigenvalue weighted by atomic mass is 9.91. The number of nitrogens with zero attached hydrogens (tertiary/aromatic N) is 3. The number of hydrogen-bond acceptors (Lipinski definition) is 4. The fourth-order valence-electron chi connectivity index (χ4n) is 2.51. The third kappa shape index (κ3) is 2.32. The standard InChI is InChI=1S/C13H24N4O/c1-3-17-13(12(14)10(2)15-17)16(8-5-9-18)11-6-4-7-11/h11,18H,3-9,14H2,1-2H3. The van der Waals surface area contributed by atoms with Crippen LogP contribution in [0.15, 0.2) is 0 Å². The van der Waals surface area contributed by atoms with Gasteiger partial charge in [-0.2, -0.15) is 5.10 Å². The SMILES string of the molecule is CCn1nc(C)c(N)c1N(CCCO)C1CCC1.